The third kappa shape index (κ3) is 7.92. The van der Waals surface area contributed by atoms with Crippen LogP contribution in [0.5, 0.6) is 5.75 Å². The zero-order chi connectivity index (χ0) is 21.3. The van der Waals surface area contributed by atoms with E-state index >= 15 is 0 Å². The van der Waals surface area contributed by atoms with Gasteiger partial charge in [-0.25, -0.2) is 0 Å². The van der Waals surface area contributed by atoms with Crippen molar-refractivity contribution in [3.8, 4) is 5.75 Å². The molecule has 1 rings (SSSR count). The molecule has 1 aromatic rings. The van der Waals surface area contributed by atoms with E-state index in [0.717, 1.165) is 11.3 Å². The van der Waals surface area contributed by atoms with E-state index in [1.54, 1.807) is 7.11 Å². The Labute approximate surface area is 173 Å². The molecule has 0 saturated carbocycles. The number of carbonyl (C=O) groups is 3. The van der Waals surface area contributed by atoms with Crippen molar-refractivity contribution in [3.63, 3.8) is 0 Å². The van der Waals surface area contributed by atoms with Crippen molar-refractivity contribution in [2.45, 2.75) is 51.3 Å². The van der Waals surface area contributed by atoms with Crippen molar-refractivity contribution in [1.29, 1.82) is 0 Å². The Balaban J connectivity index is 2.95. The maximum absolute atomic E-state index is 13.0. The first-order valence-electron chi connectivity index (χ1n) is 9.50. The topological polar surface area (TPSA) is 84.5 Å². The Morgan fingerprint density at radius 3 is 2.18 bits per heavy atom. The summed E-state index contributed by atoms with van der Waals surface area (Å²) in [6, 6.07) is 6.65. The van der Waals surface area contributed by atoms with Crippen LogP contribution in [0.25, 0.3) is 0 Å². The quantitative estimate of drug-likeness (QED) is 0.491. The summed E-state index contributed by atoms with van der Waals surface area (Å²) in [7, 11) is 3.13. The maximum atomic E-state index is 13.0. The molecule has 0 saturated heterocycles. The van der Waals surface area contributed by atoms with Gasteiger partial charge in [0.05, 0.1) is 13.0 Å². The molecule has 3 unspecified atom stereocenters. The van der Waals surface area contributed by atoms with E-state index in [0.29, 0.717) is 12.8 Å². The fourth-order valence-corrected chi connectivity index (χ4v) is 3.56. The van der Waals surface area contributed by atoms with Crippen molar-refractivity contribution in [2.24, 2.45) is 11.8 Å². The molecular weight excluding hydrogens is 376 g/mol. The number of nitrogens with one attached hydrogen (secondary N) is 2. The van der Waals surface area contributed by atoms with Crippen LogP contribution in [0.2, 0.25) is 0 Å². The molecule has 3 atom stereocenters. The van der Waals surface area contributed by atoms with Gasteiger partial charge in [0.2, 0.25) is 11.8 Å². The van der Waals surface area contributed by atoms with Crippen molar-refractivity contribution >= 4 is 30.2 Å². The first kappa shape index (κ1) is 24.0. The number of rotatable bonds is 11. The lowest BCUT2D eigenvalue weighted by Crippen LogP contribution is -2.50. The van der Waals surface area contributed by atoms with Gasteiger partial charge in [-0.2, -0.15) is 12.6 Å². The summed E-state index contributed by atoms with van der Waals surface area (Å²) in [5.74, 6) is 0.00512. The molecule has 0 radical (unpaired) electrons. The van der Waals surface area contributed by atoms with Crippen molar-refractivity contribution in [2.75, 3.05) is 14.2 Å². The highest BCUT2D eigenvalue weighted by atomic mass is 32.1. The first-order valence-corrected chi connectivity index (χ1v) is 10.0. The van der Waals surface area contributed by atoms with Gasteiger partial charge in [0.15, 0.2) is 0 Å². The van der Waals surface area contributed by atoms with E-state index in [2.05, 4.69) is 23.3 Å². The summed E-state index contributed by atoms with van der Waals surface area (Å²) in [5.41, 5.74) is 0.904. The molecule has 156 valence electrons. The van der Waals surface area contributed by atoms with Gasteiger partial charge >= 0.3 is 0 Å². The fraction of sp³-hybridized carbons (Fsp3) is 0.571. The SMILES string of the molecule is CNC(=O)C(Cc1ccc(OC)cc1)NC(=O)C(CC(C)C)C(S)CC(C)=O. The molecule has 0 fully saturated rings. The van der Waals surface area contributed by atoms with Crippen molar-refractivity contribution in [1.82, 2.24) is 10.6 Å². The highest BCUT2D eigenvalue weighted by molar-refractivity contribution is 7.81. The lowest BCUT2D eigenvalue weighted by Gasteiger charge is -2.26. The van der Waals surface area contributed by atoms with Crippen LogP contribution in [0.15, 0.2) is 24.3 Å². The van der Waals surface area contributed by atoms with Crippen molar-refractivity contribution in [3.05, 3.63) is 29.8 Å². The standard InChI is InChI=1S/C21H32N2O4S/c1-13(2)10-17(19(28)11-14(3)24)20(25)23-18(21(26)22-4)12-15-6-8-16(27-5)9-7-15/h6-9,13,17-19,28H,10-12H2,1-5H3,(H,22,26)(H,23,25). The number of carbonyl (C=O) groups excluding carboxylic acids is 3. The van der Waals surface area contributed by atoms with Gasteiger partial charge in [0, 0.05) is 25.1 Å². The number of ether oxygens (including phenoxy) is 1. The monoisotopic (exact) mass is 408 g/mol. The Hall–Kier alpha value is -2.02. The average Bonchev–Trinajstić information content (AvgIpc) is 2.64. The second-order valence-corrected chi connectivity index (χ2v) is 8.10. The van der Waals surface area contributed by atoms with Gasteiger partial charge in [-0.3, -0.25) is 14.4 Å². The number of thiol groups is 1. The van der Waals surface area contributed by atoms with Gasteiger partial charge in [-0.05, 0) is 37.0 Å². The molecule has 0 heterocycles. The van der Waals surface area contributed by atoms with Crippen LogP contribution < -0.4 is 15.4 Å². The number of benzene rings is 1. The molecule has 2 amide bonds. The molecule has 0 aliphatic carbocycles. The third-order valence-electron chi connectivity index (χ3n) is 4.50. The molecule has 28 heavy (non-hydrogen) atoms. The number of hydrogen-bond acceptors (Lipinski definition) is 5. The molecule has 1 aromatic carbocycles. The minimum absolute atomic E-state index is 0.0114. The summed E-state index contributed by atoms with van der Waals surface area (Å²) in [6.45, 7) is 5.52. The van der Waals surface area contributed by atoms with E-state index < -0.39 is 12.0 Å². The maximum Gasteiger partial charge on any atom is 0.242 e. The summed E-state index contributed by atoms with van der Waals surface area (Å²) in [4.78, 5) is 36.8. The molecule has 0 aromatic heterocycles. The van der Waals surface area contributed by atoms with Crippen LogP contribution >= 0.6 is 12.6 Å². The van der Waals surface area contributed by atoms with E-state index in [4.69, 9.17) is 4.74 Å². The van der Waals surface area contributed by atoms with Gasteiger partial charge in [-0.1, -0.05) is 26.0 Å². The minimum Gasteiger partial charge on any atom is -0.497 e. The molecule has 0 aliphatic heterocycles. The highest BCUT2D eigenvalue weighted by Crippen LogP contribution is 2.23. The van der Waals surface area contributed by atoms with Crippen LogP contribution in [0.3, 0.4) is 0 Å². The normalized spacial score (nSPS) is 14.1. The lowest BCUT2D eigenvalue weighted by atomic mass is 9.90. The Morgan fingerprint density at radius 1 is 1.11 bits per heavy atom. The van der Waals surface area contributed by atoms with Gasteiger partial charge in [-0.15, -0.1) is 0 Å². The van der Waals surface area contributed by atoms with Crippen LogP contribution in [-0.2, 0) is 20.8 Å². The number of amides is 2. The minimum atomic E-state index is -0.710. The van der Waals surface area contributed by atoms with Crippen LogP contribution in [0, 0.1) is 11.8 Å². The van der Waals surface area contributed by atoms with E-state index in [1.807, 2.05) is 38.1 Å². The van der Waals surface area contributed by atoms with Gasteiger partial charge in [0.1, 0.15) is 17.6 Å². The largest absolute Gasteiger partial charge is 0.497 e. The molecule has 2 N–H and O–H groups in total. The molecule has 6 nitrogen and oxygen atoms in total. The van der Waals surface area contributed by atoms with E-state index in [1.165, 1.54) is 14.0 Å². The molecule has 0 bridgehead atoms. The van der Waals surface area contributed by atoms with Crippen LogP contribution in [0.4, 0.5) is 0 Å². The molecule has 0 aliphatic rings. The summed E-state index contributed by atoms with van der Waals surface area (Å²) in [6.07, 6.45) is 1.17. The van der Waals surface area contributed by atoms with Crippen LogP contribution in [-0.4, -0.2) is 43.0 Å². The predicted octanol–water partition coefficient (Wildman–Crippen LogP) is 2.41. The number of likely N-dealkylation sites (N-methyl/N-ethyl adjacent to an activating group) is 1. The molecular formula is C21H32N2O4S. The second kappa shape index (κ2) is 11.7. The zero-order valence-corrected chi connectivity index (χ0v) is 18.2. The number of Topliss-reactive ketones (excluding diaryl/α,β-unsaturated/α-hetero) is 1. The van der Waals surface area contributed by atoms with E-state index in [-0.39, 0.29) is 35.2 Å². The summed E-state index contributed by atoms with van der Waals surface area (Å²) >= 11 is 4.50. The summed E-state index contributed by atoms with van der Waals surface area (Å²) < 4.78 is 5.15. The molecule has 7 heteroatoms. The smallest absolute Gasteiger partial charge is 0.242 e. The Bertz CT molecular complexity index is 661. The number of methoxy groups -OCH3 is 1. The third-order valence-corrected chi connectivity index (χ3v) is 5.04. The molecule has 0 spiro atoms. The fourth-order valence-electron chi connectivity index (χ4n) is 3.04. The van der Waals surface area contributed by atoms with Crippen LogP contribution in [0.1, 0.15) is 39.2 Å². The predicted molar refractivity (Wildman–Crippen MR) is 114 cm³/mol. The first-order chi connectivity index (χ1) is 13.2. The Kier molecular flexibility index (Phi) is 10.1. The zero-order valence-electron chi connectivity index (χ0n) is 17.3. The Morgan fingerprint density at radius 2 is 1.71 bits per heavy atom. The number of ketones is 1. The van der Waals surface area contributed by atoms with E-state index in [9.17, 15) is 14.4 Å². The highest BCUT2D eigenvalue weighted by Gasteiger charge is 2.30. The van der Waals surface area contributed by atoms with Crippen molar-refractivity contribution < 1.29 is 19.1 Å². The summed E-state index contributed by atoms with van der Waals surface area (Å²) in [5, 5.41) is 5.08. The van der Waals surface area contributed by atoms with Gasteiger partial charge in [0.25, 0.3) is 0 Å². The average molecular weight is 409 g/mol. The second-order valence-electron chi connectivity index (χ2n) is 7.44. The van der Waals surface area contributed by atoms with Gasteiger partial charge < -0.3 is 15.4 Å². The lowest BCUT2D eigenvalue weighted by molar-refractivity contribution is -0.131. The number of hydrogen-bond donors (Lipinski definition) is 3.